The molecule has 24 heavy (non-hydrogen) atoms. The van der Waals surface area contributed by atoms with Gasteiger partial charge in [0.2, 0.25) is 0 Å². The SMILES string of the molecule is Cn1cnnc1CN1CC2CN(c3cc(C4CC4)ncn3)CC2C1. The van der Waals surface area contributed by atoms with E-state index in [0.29, 0.717) is 5.92 Å². The molecule has 2 atom stereocenters. The summed E-state index contributed by atoms with van der Waals surface area (Å²) in [5, 5.41) is 8.19. The molecule has 3 fully saturated rings. The lowest BCUT2D eigenvalue weighted by molar-refractivity contribution is 0.297. The first-order valence-electron chi connectivity index (χ1n) is 8.88. The molecule has 1 aliphatic carbocycles. The van der Waals surface area contributed by atoms with Crippen LogP contribution in [0.5, 0.6) is 0 Å². The molecule has 2 aromatic rings. The summed E-state index contributed by atoms with van der Waals surface area (Å²) >= 11 is 0. The van der Waals surface area contributed by atoms with Crippen LogP contribution in [0.2, 0.25) is 0 Å². The quantitative estimate of drug-likeness (QED) is 0.837. The second kappa shape index (κ2) is 5.51. The van der Waals surface area contributed by atoms with E-state index in [-0.39, 0.29) is 0 Å². The van der Waals surface area contributed by atoms with Crippen molar-refractivity contribution < 1.29 is 0 Å². The Hall–Kier alpha value is -2.02. The van der Waals surface area contributed by atoms with Crippen LogP contribution in [0.4, 0.5) is 5.82 Å². The molecule has 126 valence electrons. The number of anilines is 1. The fraction of sp³-hybridized carbons (Fsp3) is 0.647. The highest BCUT2D eigenvalue weighted by atomic mass is 15.3. The zero-order chi connectivity index (χ0) is 16.1. The highest BCUT2D eigenvalue weighted by Crippen LogP contribution is 2.40. The summed E-state index contributed by atoms with van der Waals surface area (Å²) < 4.78 is 2.01. The van der Waals surface area contributed by atoms with Gasteiger partial charge in [0.1, 0.15) is 24.3 Å². The predicted molar refractivity (Wildman–Crippen MR) is 89.5 cm³/mol. The minimum absolute atomic E-state index is 0.690. The van der Waals surface area contributed by atoms with E-state index in [1.807, 2.05) is 11.6 Å². The topological polar surface area (TPSA) is 63.0 Å². The molecule has 7 heteroatoms. The molecule has 0 radical (unpaired) electrons. The van der Waals surface area contributed by atoms with Crippen molar-refractivity contribution in [2.75, 3.05) is 31.1 Å². The molecule has 0 N–H and O–H groups in total. The molecule has 0 amide bonds. The molecule has 2 aromatic heterocycles. The van der Waals surface area contributed by atoms with Crippen LogP contribution < -0.4 is 4.90 Å². The number of aromatic nitrogens is 5. The fourth-order valence-electron chi connectivity index (χ4n) is 4.19. The smallest absolute Gasteiger partial charge is 0.146 e. The van der Waals surface area contributed by atoms with Crippen LogP contribution in [0.1, 0.15) is 30.3 Å². The van der Waals surface area contributed by atoms with Crippen molar-refractivity contribution in [3.05, 3.63) is 30.2 Å². The minimum atomic E-state index is 0.690. The third-order valence-electron chi connectivity index (χ3n) is 5.73. The van der Waals surface area contributed by atoms with E-state index < -0.39 is 0 Å². The Balaban J connectivity index is 1.23. The van der Waals surface area contributed by atoms with Crippen molar-refractivity contribution in [2.45, 2.75) is 25.3 Å². The van der Waals surface area contributed by atoms with Gasteiger partial charge in [-0.25, -0.2) is 9.97 Å². The van der Waals surface area contributed by atoms with Crippen molar-refractivity contribution in [3.8, 4) is 0 Å². The summed E-state index contributed by atoms with van der Waals surface area (Å²) in [4.78, 5) is 14.0. The van der Waals surface area contributed by atoms with E-state index in [0.717, 1.165) is 56.2 Å². The summed E-state index contributed by atoms with van der Waals surface area (Å²) in [6, 6.07) is 2.22. The van der Waals surface area contributed by atoms with Crippen LogP contribution in [-0.2, 0) is 13.6 Å². The average Bonchev–Trinajstić information content (AvgIpc) is 3.10. The number of likely N-dealkylation sites (tertiary alicyclic amines) is 1. The van der Waals surface area contributed by atoms with Crippen LogP contribution >= 0.6 is 0 Å². The highest BCUT2D eigenvalue weighted by molar-refractivity contribution is 5.42. The maximum Gasteiger partial charge on any atom is 0.146 e. The summed E-state index contributed by atoms with van der Waals surface area (Å²) in [6.07, 6.45) is 6.11. The molecule has 5 rings (SSSR count). The van der Waals surface area contributed by atoms with Gasteiger partial charge in [-0.15, -0.1) is 10.2 Å². The van der Waals surface area contributed by atoms with Crippen molar-refractivity contribution in [1.82, 2.24) is 29.6 Å². The molecule has 0 spiro atoms. The number of aryl methyl sites for hydroxylation is 1. The minimum Gasteiger partial charge on any atom is -0.356 e. The number of fused-ring (bicyclic) bond motifs is 1. The van der Waals surface area contributed by atoms with Crippen LogP contribution in [-0.4, -0.2) is 55.8 Å². The normalized spacial score (nSPS) is 27.0. The largest absolute Gasteiger partial charge is 0.356 e. The van der Waals surface area contributed by atoms with Crippen molar-refractivity contribution in [3.63, 3.8) is 0 Å². The van der Waals surface area contributed by atoms with Crippen molar-refractivity contribution in [1.29, 1.82) is 0 Å². The lowest BCUT2D eigenvalue weighted by Crippen LogP contribution is -2.29. The Labute approximate surface area is 141 Å². The lowest BCUT2D eigenvalue weighted by Gasteiger charge is -2.22. The van der Waals surface area contributed by atoms with Gasteiger partial charge in [0, 0.05) is 50.9 Å². The Morgan fingerprint density at radius 2 is 1.88 bits per heavy atom. The molecule has 0 aromatic carbocycles. The van der Waals surface area contributed by atoms with Crippen LogP contribution in [0.3, 0.4) is 0 Å². The maximum absolute atomic E-state index is 4.53. The fourth-order valence-corrected chi connectivity index (χ4v) is 4.19. The Kier molecular flexibility index (Phi) is 3.29. The molecule has 2 aliphatic heterocycles. The van der Waals surface area contributed by atoms with Gasteiger partial charge in [-0.2, -0.15) is 0 Å². The van der Waals surface area contributed by atoms with Crippen molar-refractivity contribution in [2.24, 2.45) is 18.9 Å². The van der Waals surface area contributed by atoms with Gasteiger partial charge in [-0.1, -0.05) is 0 Å². The van der Waals surface area contributed by atoms with Gasteiger partial charge in [0.25, 0.3) is 0 Å². The summed E-state index contributed by atoms with van der Waals surface area (Å²) in [7, 11) is 2.01. The first kappa shape index (κ1) is 14.3. The predicted octanol–water partition coefficient (Wildman–Crippen LogP) is 1.05. The Bertz CT molecular complexity index is 724. The van der Waals surface area contributed by atoms with Crippen LogP contribution in [0.25, 0.3) is 0 Å². The molecule has 3 aliphatic rings. The second-order valence-electron chi connectivity index (χ2n) is 7.55. The van der Waals surface area contributed by atoms with Gasteiger partial charge in [0.05, 0.1) is 6.54 Å². The van der Waals surface area contributed by atoms with Crippen molar-refractivity contribution >= 4 is 5.82 Å². The molecule has 7 nitrogen and oxygen atoms in total. The second-order valence-corrected chi connectivity index (χ2v) is 7.55. The van der Waals surface area contributed by atoms with E-state index in [1.54, 1.807) is 12.7 Å². The number of rotatable bonds is 4. The maximum atomic E-state index is 4.53. The summed E-state index contributed by atoms with van der Waals surface area (Å²) in [5.74, 6) is 4.34. The highest BCUT2D eigenvalue weighted by Gasteiger charge is 2.40. The molecule has 2 unspecified atom stereocenters. The average molecular weight is 325 g/mol. The van der Waals surface area contributed by atoms with Gasteiger partial charge in [-0.05, 0) is 24.7 Å². The van der Waals surface area contributed by atoms with Gasteiger partial charge < -0.3 is 9.47 Å². The van der Waals surface area contributed by atoms with Gasteiger partial charge >= 0.3 is 0 Å². The van der Waals surface area contributed by atoms with Gasteiger partial charge in [-0.3, -0.25) is 4.90 Å². The monoisotopic (exact) mass is 325 g/mol. The lowest BCUT2D eigenvalue weighted by atomic mass is 10.0. The summed E-state index contributed by atoms with van der Waals surface area (Å²) in [5.41, 5.74) is 1.24. The zero-order valence-corrected chi connectivity index (χ0v) is 14.0. The third-order valence-corrected chi connectivity index (χ3v) is 5.73. The first-order valence-corrected chi connectivity index (χ1v) is 8.88. The van der Waals surface area contributed by atoms with Crippen LogP contribution in [0, 0.1) is 11.8 Å². The summed E-state index contributed by atoms with van der Waals surface area (Å²) in [6.45, 7) is 5.42. The molecule has 0 bridgehead atoms. The van der Waals surface area contributed by atoms with E-state index in [2.05, 4.69) is 36.0 Å². The molecular weight excluding hydrogens is 302 g/mol. The van der Waals surface area contributed by atoms with E-state index >= 15 is 0 Å². The first-order chi connectivity index (χ1) is 11.8. The number of nitrogens with zero attached hydrogens (tertiary/aromatic N) is 7. The Morgan fingerprint density at radius 1 is 1.08 bits per heavy atom. The number of hydrogen-bond acceptors (Lipinski definition) is 6. The molecule has 1 saturated carbocycles. The zero-order valence-electron chi connectivity index (χ0n) is 14.0. The van der Waals surface area contributed by atoms with E-state index in [4.69, 9.17) is 0 Å². The van der Waals surface area contributed by atoms with E-state index in [9.17, 15) is 0 Å². The van der Waals surface area contributed by atoms with Crippen LogP contribution in [0.15, 0.2) is 18.7 Å². The standard InChI is InChI=1S/C17H23N7/c1-22-11-20-21-17(22)9-23-5-13-7-24(8-14(13)6-23)16-4-15(12-2-3-12)18-10-19-16/h4,10-14H,2-3,5-9H2,1H3. The molecule has 4 heterocycles. The third kappa shape index (κ3) is 2.56. The number of hydrogen-bond donors (Lipinski definition) is 0. The molecule has 2 saturated heterocycles. The Morgan fingerprint density at radius 3 is 2.54 bits per heavy atom. The molecular formula is C17H23N7. The van der Waals surface area contributed by atoms with Gasteiger partial charge in [0.15, 0.2) is 0 Å². The van der Waals surface area contributed by atoms with E-state index in [1.165, 1.54) is 18.5 Å².